The molecule has 0 amide bonds. The summed E-state index contributed by atoms with van der Waals surface area (Å²) in [6.45, 7) is 0. The summed E-state index contributed by atoms with van der Waals surface area (Å²) in [7, 11) is 0. The molecule has 0 aliphatic rings. The van der Waals surface area contributed by atoms with E-state index in [1.807, 2.05) is 0 Å². The molecule has 0 rings (SSSR count). The van der Waals surface area contributed by atoms with Gasteiger partial charge in [-0.25, -0.2) is 0 Å². The van der Waals surface area contributed by atoms with Crippen LogP contribution in [0.5, 0.6) is 0 Å². The van der Waals surface area contributed by atoms with Crippen LogP contribution in [0.25, 0.3) is 0 Å². The zero-order valence-electron chi connectivity index (χ0n) is 2.10. The van der Waals surface area contributed by atoms with Crippen LogP contribution in [0.1, 0.15) is 0 Å². The zero-order valence-corrected chi connectivity index (χ0v) is 7.39. The predicted octanol–water partition coefficient (Wildman–Crippen LogP) is -3.12. The molecule has 0 aromatic heterocycles. The SMILES string of the molecule is [K+].[Mn+2].[Ni+2].[O-2]. The van der Waals surface area contributed by atoms with Crippen molar-refractivity contribution in [1.29, 1.82) is 0 Å². The third kappa shape index (κ3) is 8.82. The first-order chi connectivity index (χ1) is 0. The third-order valence-electron chi connectivity index (χ3n) is 0. The van der Waals surface area contributed by atoms with Crippen LogP contribution in [0.2, 0.25) is 0 Å². The molecular formula is KMnNiO+3. The molecule has 0 spiro atoms. The van der Waals surface area contributed by atoms with Crippen LogP contribution < -0.4 is 51.4 Å². The fraction of sp³-hybridized carbons (Fsp3) is 0. The minimum atomic E-state index is 0. The van der Waals surface area contributed by atoms with Gasteiger partial charge in [0.1, 0.15) is 0 Å². The molecule has 0 aliphatic carbocycles. The van der Waals surface area contributed by atoms with E-state index in [4.69, 9.17) is 0 Å². The van der Waals surface area contributed by atoms with Crippen molar-refractivity contribution in [3.63, 3.8) is 0 Å². The molecule has 1 nitrogen and oxygen atoms in total. The van der Waals surface area contributed by atoms with Crippen molar-refractivity contribution in [2.24, 2.45) is 0 Å². The van der Waals surface area contributed by atoms with Gasteiger partial charge in [0.05, 0.1) is 0 Å². The molecule has 0 aromatic rings. The van der Waals surface area contributed by atoms with E-state index in [1.54, 1.807) is 0 Å². The van der Waals surface area contributed by atoms with Gasteiger partial charge < -0.3 is 5.48 Å². The van der Waals surface area contributed by atoms with E-state index in [2.05, 4.69) is 0 Å². The third-order valence-corrected chi connectivity index (χ3v) is 0. The van der Waals surface area contributed by atoms with Crippen LogP contribution in [0.15, 0.2) is 0 Å². The Bertz CT molecular complexity index is 8.00. The Balaban J connectivity index is 0. The molecule has 0 heterocycles. The summed E-state index contributed by atoms with van der Waals surface area (Å²) in [4.78, 5) is 0. The minimum Gasteiger partial charge on any atom is -2.00 e. The molecule has 0 aliphatic heterocycles. The molecule has 4 heteroatoms. The second-order valence-electron chi connectivity index (χ2n) is 0. The van der Waals surface area contributed by atoms with Crippen LogP contribution >= 0.6 is 0 Å². The number of hydrogen-bond donors (Lipinski definition) is 0. The van der Waals surface area contributed by atoms with Gasteiger partial charge in [-0.15, -0.1) is 0 Å². The van der Waals surface area contributed by atoms with E-state index in [0.29, 0.717) is 0 Å². The Hall–Kier alpha value is 2.61. The Morgan fingerprint density at radius 3 is 1.00 bits per heavy atom. The molecule has 0 bridgehead atoms. The largest absolute Gasteiger partial charge is 2.00 e. The van der Waals surface area contributed by atoms with Gasteiger partial charge in [0, 0.05) is 0 Å². The molecule has 0 saturated carbocycles. The van der Waals surface area contributed by atoms with E-state index >= 15 is 0 Å². The van der Waals surface area contributed by atoms with E-state index < -0.39 is 0 Å². The van der Waals surface area contributed by atoms with Gasteiger partial charge in [-0.3, -0.25) is 0 Å². The van der Waals surface area contributed by atoms with Gasteiger partial charge in [-0.1, -0.05) is 0 Å². The molecule has 0 fully saturated rings. The average molecular weight is 169 g/mol. The maximum absolute atomic E-state index is 0. The topological polar surface area (TPSA) is 28.5 Å². The van der Waals surface area contributed by atoms with Crippen LogP contribution in [0.4, 0.5) is 0 Å². The van der Waals surface area contributed by atoms with Crippen molar-refractivity contribution in [3.8, 4) is 0 Å². The monoisotopic (exact) mass is 168 g/mol. The number of hydrogen-bond acceptors (Lipinski definition) is 0. The summed E-state index contributed by atoms with van der Waals surface area (Å²) in [5.41, 5.74) is 0. The van der Waals surface area contributed by atoms with Crippen molar-refractivity contribution >= 4 is 0 Å². The van der Waals surface area contributed by atoms with Crippen LogP contribution in [0, 0.1) is 0 Å². The molecule has 4 heavy (non-hydrogen) atoms. The van der Waals surface area contributed by atoms with Gasteiger partial charge in [-0.05, 0) is 0 Å². The summed E-state index contributed by atoms with van der Waals surface area (Å²) in [5, 5.41) is 0. The first-order valence-electron chi connectivity index (χ1n) is 0. The Morgan fingerprint density at radius 2 is 1.00 bits per heavy atom. The average Bonchev–Trinajstić information content (AvgIpc) is 0. The normalized spacial score (nSPS) is 0. The van der Waals surface area contributed by atoms with Crippen molar-refractivity contribution in [3.05, 3.63) is 0 Å². The smallest absolute Gasteiger partial charge is 2.00 e. The first kappa shape index (κ1) is 30.5. The van der Waals surface area contributed by atoms with Crippen molar-refractivity contribution in [2.75, 3.05) is 0 Å². The standard InChI is InChI=1S/K.Mn.Ni.O/q+1;2*+2;-2. The molecule has 0 aromatic carbocycles. The van der Waals surface area contributed by atoms with Gasteiger partial charge in [0.2, 0.25) is 0 Å². The number of rotatable bonds is 0. The molecule has 0 unspecified atom stereocenters. The van der Waals surface area contributed by atoms with E-state index in [-0.39, 0.29) is 90.4 Å². The Morgan fingerprint density at radius 1 is 1.00 bits per heavy atom. The van der Waals surface area contributed by atoms with Crippen molar-refractivity contribution < 1.29 is 90.4 Å². The molecule has 21 valence electrons. The summed E-state index contributed by atoms with van der Waals surface area (Å²) >= 11 is 0. The molecule has 0 N–H and O–H groups in total. The van der Waals surface area contributed by atoms with Gasteiger partial charge in [-0.2, -0.15) is 0 Å². The summed E-state index contributed by atoms with van der Waals surface area (Å²) in [6.07, 6.45) is 0. The first-order valence-corrected chi connectivity index (χ1v) is 0. The van der Waals surface area contributed by atoms with Crippen molar-refractivity contribution in [2.45, 2.75) is 0 Å². The van der Waals surface area contributed by atoms with E-state index in [9.17, 15) is 0 Å². The molecular weight excluding hydrogens is 169 g/mol. The van der Waals surface area contributed by atoms with E-state index in [0.717, 1.165) is 0 Å². The van der Waals surface area contributed by atoms with E-state index in [1.165, 1.54) is 0 Å². The summed E-state index contributed by atoms with van der Waals surface area (Å²) in [5.74, 6) is 0. The Labute approximate surface area is 88.4 Å². The van der Waals surface area contributed by atoms with Gasteiger partial charge in [0.15, 0.2) is 0 Å². The second kappa shape index (κ2) is 17.5. The summed E-state index contributed by atoms with van der Waals surface area (Å²) in [6, 6.07) is 0. The fourth-order valence-corrected chi connectivity index (χ4v) is 0. The molecule has 0 saturated heterocycles. The van der Waals surface area contributed by atoms with Crippen LogP contribution in [-0.4, -0.2) is 0 Å². The fourth-order valence-electron chi connectivity index (χ4n) is 0. The quantitative estimate of drug-likeness (QED) is 0.343. The van der Waals surface area contributed by atoms with Crippen LogP contribution in [0.3, 0.4) is 0 Å². The van der Waals surface area contributed by atoms with Crippen molar-refractivity contribution in [1.82, 2.24) is 0 Å². The maximum atomic E-state index is 0. The van der Waals surface area contributed by atoms with Gasteiger partial charge in [0.25, 0.3) is 0 Å². The summed E-state index contributed by atoms with van der Waals surface area (Å²) < 4.78 is 0. The van der Waals surface area contributed by atoms with Gasteiger partial charge >= 0.3 is 84.9 Å². The van der Waals surface area contributed by atoms with Crippen LogP contribution in [-0.2, 0) is 39.0 Å². The molecule has 1 radical (unpaired) electrons. The predicted molar refractivity (Wildman–Crippen MR) is 0.686 cm³/mol. The maximum Gasteiger partial charge on any atom is 2.00 e. The minimum absolute atomic E-state index is 0. The molecule has 0 atom stereocenters. The second-order valence-corrected chi connectivity index (χ2v) is 0. The zero-order chi connectivity index (χ0) is 0. The Kier molecular flexibility index (Phi) is 134.